The van der Waals surface area contributed by atoms with Crippen molar-refractivity contribution in [3.63, 3.8) is 0 Å². The van der Waals surface area contributed by atoms with Gasteiger partial charge in [-0.3, -0.25) is 9.59 Å². The Hall–Kier alpha value is -1.01. The van der Waals surface area contributed by atoms with Crippen LogP contribution in [0.1, 0.15) is 32.2 Å². The Morgan fingerprint density at radius 2 is 1.53 bits per heavy atom. The number of carbonyl (C=O) groups excluding carboxylic acids is 2. The average molecular weight is 427 g/mol. The molecule has 0 atom stereocenters. The summed E-state index contributed by atoms with van der Waals surface area (Å²) in [5, 5.41) is 0. The fourth-order valence-corrected chi connectivity index (χ4v) is 3.39. The van der Waals surface area contributed by atoms with Crippen LogP contribution in [0.15, 0.2) is 46.9 Å². The molecule has 0 radical (unpaired) electrons. The van der Waals surface area contributed by atoms with Gasteiger partial charge in [-0.2, -0.15) is 0 Å². The Bertz CT molecular complexity index is 674. The molecular weight excluding hydrogens is 419 g/mol. The maximum absolute atomic E-state index is 12.4. The number of halogens is 2. The van der Waals surface area contributed by atoms with Crippen LogP contribution >= 0.6 is 38.5 Å². The van der Waals surface area contributed by atoms with Crippen molar-refractivity contribution in [1.82, 2.24) is 0 Å². The van der Waals surface area contributed by atoms with Crippen LogP contribution in [-0.4, -0.2) is 11.6 Å². The number of rotatable bonds is 1. The third kappa shape index (κ3) is 2.07. The molecular formula is C15H8BrIO2. The average Bonchev–Trinajstić information content (AvgIpc) is 2.66. The van der Waals surface area contributed by atoms with Crippen molar-refractivity contribution in [1.29, 1.82) is 0 Å². The standard InChI is InChI=1S/C15H8BrIO2/c16-8-5-6-12(17)11(7-8)13-14(18)9-3-1-2-4-10(9)15(13)19/h1-7,13H. The van der Waals surface area contributed by atoms with Crippen molar-refractivity contribution < 1.29 is 9.59 Å². The molecule has 1 aliphatic carbocycles. The van der Waals surface area contributed by atoms with Crippen molar-refractivity contribution in [3.8, 4) is 0 Å². The molecule has 0 aromatic heterocycles. The Labute approximate surface area is 132 Å². The van der Waals surface area contributed by atoms with E-state index in [1.54, 1.807) is 24.3 Å². The van der Waals surface area contributed by atoms with E-state index in [1.165, 1.54) is 0 Å². The fourth-order valence-electron chi connectivity index (χ4n) is 2.36. The van der Waals surface area contributed by atoms with E-state index in [2.05, 4.69) is 38.5 Å². The van der Waals surface area contributed by atoms with Gasteiger partial charge in [-0.25, -0.2) is 0 Å². The zero-order valence-electron chi connectivity index (χ0n) is 9.69. The lowest BCUT2D eigenvalue weighted by atomic mass is 9.94. The van der Waals surface area contributed by atoms with Gasteiger partial charge in [0.1, 0.15) is 5.92 Å². The molecule has 2 aromatic carbocycles. The van der Waals surface area contributed by atoms with Crippen LogP contribution < -0.4 is 0 Å². The van der Waals surface area contributed by atoms with E-state index in [0.717, 1.165) is 13.6 Å². The minimum absolute atomic E-state index is 0.100. The topological polar surface area (TPSA) is 34.1 Å². The molecule has 0 heterocycles. The number of benzene rings is 2. The molecule has 0 saturated carbocycles. The van der Waals surface area contributed by atoms with Crippen LogP contribution in [0.25, 0.3) is 0 Å². The summed E-state index contributed by atoms with van der Waals surface area (Å²) in [5.41, 5.74) is 1.85. The number of carbonyl (C=O) groups is 2. The number of hydrogen-bond donors (Lipinski definition) is 0. The van der Waals surface area contributed by atoms with Gasteiger partial charge in [0.2, 0.25) is 0 Å². The van der Waals surface area contributed by atoms with Gasteiger partial charge in [0, 0.05) is 19.2 Å². The highest BCUT2D eigenvalue weighted by Gasteiger charge is 2.40. The van der Waals surface area contributed by atoms with E-state index in [9.17, 15) is 9.59 Å². The van der Waals surface area contributed by atoms with Gasteiger partial charge in [-0.1, -0.05) is 40.2 Å². The molecule has 0 fully saturated rings. The molecule has 94 valence electrons. The summed E-state index contributed by atoms with van der Waals surface area (Å²) >= 11 is 5.55. The fraction of sp³-hybridized carbons (Fsp3) is 0.0667. The lowest BCUT2D eigenvalue weighted by molar-refractivity contribution is 0.0889. The summed E-state index contributed by atoms with van der Waals surface area (Å²) in [5.74, 6) is -0.893. The van der Waals surface area contributed by atoms with Crippen LogP contribution in [0, 0.1) is 3.57 Å². The van der Waals surface area contributed by atoms with E-state index in [0.29, 0.717) is 11.1 Å². The van der Waals surface area contributed by atoms with E-state index >= 15 is 0 Å². The molecule has 4 heteroatoms. The predicted molar refractivity (Wildman–Crippen MR) is 84.7 cm³/mol. The quantitative estimate of drug-likeness (QED) is 0.505. The zero-order valence-corrected chi connectivity index (χ0v) is 13.4. The molecule has 1 aliphatic rings. The predicted octanol–water partition coefficient (Wildman–Crippen LogP) is 4.22. The third-order valence-electron chi connectivity index (χ3n) is 3.25. The summed E-state index contributed by atoms with van der Waals surface area (Å²) in [6.07, 6.45) is 0. The molecule has 0 spiro atoms. The molecule has 2 nitrogen and oxygen atoms in total. The molecule has 0 N–H and O–H groups in total. The molecule has 0 bridgehead atoms. The van der Waals surface area contributed by atoms with Crippen molar-refractivity contribution in [2.45, 2.75) is 5.92 Å². The zero-order chi connectivity index (χ0) is 13.6. The Balaban J connectivity index is 2.17. The van der Waals surface area contributed by atoms with Gasteiger partial charge in [0.05, 0.1) is 0 Å². The maximum Gasteiger partial charge on any atom is 0.178 e. The second kappa shape index (κ2) is 4.83. The molecule has 0 unspecified atom stereocenters. The van der Waals surface area contributed by atoms with E-state index in [-0.39, 0.29) is 11.6 Å². The van der Waals surface area contributed by atoms with Crippen molar-refractivity contribution >= 4 is 50.1 Å². The molecule has 19 heavy (non-hydrogen) atoms. The number of ketones is 2. The summed E-state index contributed by atoms with van der Waals surface area (Å²) in [7, 11) is 0. The molecule has 3 rings (SSSR count). The van der Waals surface area contributed by atoms with Gasteiger partial charge >= 0.3 is 0 Å². The Kier molecular flexibility index (Phi) is 3.30. The number of Topliss-reactive ketones (excluding diaryl/α,β-unsaturated/α-hetero) is 2. The van der Waals surface area contributed by atoms with Crippen molar-refractivity contribution in [2.75, 3.05) is 0 Å². The smallest absolute Gasteiger partial charge is 0.178 e. The monoisotopic (exact) mass is 426 g/mol. The van der Waals surface area contributed by atoms with E-state index in [4.69, 9.17) is 0 Å². The van der Waals surface area contributed by atoms with Crippen LogP contribution in [0.2, 0.25) is 0 Å². The molecule has 0 aliphatic heterocycles. The highest BCUT2D eigenvalue weighted by Crippen LogP contribution is 2.36. The summed E-state index contributed by atoms with van der Waals surface area (Å²) in [6, 6.07) is 12.7. The molecule has 2 aromatic rings. The van der Waals surface area contributed by atoms with E-state index < -0.39 is 5.92 Å². The second-order valence-corrected chi connectivity index (χ2v) is 6.45. The first-order valence-electron chi connectivity index (χ1n) is 5.72. The number of hydrogen-bond acceptors (Lipinski definition) is 2. The minimum atomic E-state index is -0.693. The van der Waals surface area contributed by atoms with Gasteiger partial charge in [-0.05, 0) is 46.4 Å². The Morgan fingerprint density at radius 3 is 2.11 bits per heavy atom. The summed E-state index contributed by atoms with van der Waals surface area (Å²) < 4.78 is 1.81. The normalized spacial score (nSPS) is 14.8. The number of fused-ring (bicyclic) bond motifs is 1. The third-order valence-corrected chi connectivity index (χ3v) is 4.73. The first-order valence-corrected chi connectivity index (χ1v) is 7.59. The first kappa shape index (κ1) is 13.0. The summed E-state index contributed by atoms with van der Waals surface area (Å²) in [6.45, 7) is 0. The van der Waals surface area contributed by atoms with Crippen LogP contribution in [0.4, 0.5) is 0 Å². The first-order chi connectivity index (χ1) is 9.09. The van der Waals surface area contributed by atoms with Gasteiger partial charge in [-0.15, -0.1) is 0 Å². The second-order valence-electron chi connectivity index (χ2n) is 4.37. The van der Waals surface area contributed by atoms with Gasteiger partial charge in [0.15, 0.2) is 11.6 Å². The van der Waals surface area contributed by atoms with Gasteiger partial charge < -0.3 is 0 Å². The minimum Gasteiger partial charge on any atom is -0.293 e. The highest BCUT2D eigenvalue weighted by molar-refractivity contribution is 14.1. The molecule has 0 amide bonds. The maximum atomic E-state index is 12.4. The SMILES string of the molecule is O=C1c2ccccc2C(=O)C1c1cc(Br)ccc1I. The largest absolute Gasteiger partial charge is 0.293 e. The van der Waals surface area contributed by atoms with Gasteiger partial charge in [0.25, 0.3) is 0 Å². The lowest BCUT2D eigenvalue weighted by Crippen LogP contribution is -2.14. The summed E-state index contributed by atoms with van der Waals surface area (Å²) in [4.78, 5) is 24.9. The Morgan fingerprint density at radius 1 is 0.947 bits per heavy atom. The van der Waals surface area contributed by atoms with Crippen molar-refractivity contribution in [2.24, 2.45) is 0 Å². The van der Waals surface area contributed by atoms with Crippen molar-refractivity contribution in [3.05, 3.63) is 67.2 Å². The van der Waals surface area contributed by atoms with Crippen LogP contribution in [0.3, 0.4) is 0 Å². The molecule has 0 saturated heterocycles. The van der Waals surface area contributed by atoms with Crippen LogP contribution in [-0.2, 0) is 0 Å². The highest BCUT2D eigenvalue weighted by atomic mass is 127. The van der Waals surface area contributed by atoms with Crippen LogP contribution in [0.5, 0.6) is 0 Å². The van der Waals surface area contributed by atoms with E-state index in [1.807, 2.05) is 18.2 Å². The lowest BCUT2D eigenvalue weighted by Gasteiger charge is -2.10.